The molecule has 1 aliphatic heterocycles. The quantitative estimate of drug-likeness (QED) is 0.731. The molecule has 3 aromatic carbocycles. The third-order valence-electron chi connectivity index (χ3n) is 5.18. The normalized spacial score (nSPS) is 19.6. The van der Waals surface area contributed by atoms with Gasteiger partial charge in [0.25, 0.3) is 0 Å². The highest BCUT2D eigenvalue weighted by molar-refractivity contribution is 6.30. The summed E-state index contributed by atoms with van der Waals surface area (Å²) in [6.45, 7) is 2.06. The molecule has 0 radical (unpaired) electrons. The van der Waals surface area contributed by atoms with Gasteiger partial charge in [-0.15, -0.1) is 0 Å². The first-order valence-corrected chi connectivity index (χ1v) is 9.31. The van der Waals surface area contributed by atoms with Gasteiger partial charge < -0.3 is 10.6 Å². The number of halogens is 1. The van der Waals surface area contributed by atoms with Crippen molar-refractivity contribution in [1.29, 1.82) is 0 Å². The molecule has 4 rings (SSSR count). The summed E-state index contributed by atoms with van der Waals surface area (Å²) in [6, 6.07) is 22.3. The van der Waals surface area contributed by atoms with E-state index in [1.54, 1.807) is 0 Å². The maximum atomic E-state index is 12.8. The van der Waals surface area contributed by atoms with Crippen molar-refractivity contribution < 1.29 is 4.79 Å². The van der Waals surface area contributed by atoms with E-state index in [9.17, 15) is 4.79 Å². The maximum Gasteiger partial charge on any atom is 0.225 e. The van der Waals surface area contributed by atoms with Crippen LogP contribution >= 0.6 is 11.6 Å². The number of benzene rings is 3. The van der Waals surface area contributed by atoms with Gasteiger partial charge in [-0.25, -0.2) is 0 Å². The van der Waals surface area contributed by atoms with E-state index in [0.29, 0.717) is 13.1 Å². The van der Waals surface area contributed by atoms with E-state index in [1.807, 2.05) is 42.5 Å². The van der Waals surface area contributed by atoms with Crippen molar-refractivity contribution in [2.24, 2.45) is 5.92 Å². The predicted molar refractivity (Wildman–Crippen MR) is 106 cm³/mol. The Morgan fingerprint density at radius 2 is 1.77 bits per heavy atom. The van der Waals surface area contributed by atoms with Crippen LogP contribution in [0.1, 0.15) is 17.0 Å². The molecule has 1 fully saturated rings. The van der Waals surface area contributed by atoms with Gasteiger partial charge in [-0.05, 0) is 34.0 Å². The highest BCUT2D eigenvalue weighted by Gasteiger charge is 2.33. The first-order valence-electron chi connectivity index (χ1n) is 8.93. The lowest BCUT2D eigenvalue weighted by Gasteiger charge is -2.19. The number of fused-ring (bicyclic) bond motifs is 1. The summed E-state index contributed by atoms with van der Waals surface area (Å²) in [4.78, 5) is 12.8. The van der Waals surface area contributed by atoms with Crippen LogP contribution in [0, 0.1) is 5.92 Å². The molecule has 1 aliphatic rings. The first kappa shape index (κ1) is 17.1. The van der Waals surface area contributed by atoms with Crippen LogP contribution in [0.2, 0.25) is 5.02 Å². The van der Waals surface area contributed by atoms with Crippen LogP contribution in [-0.4, -0.2) is 19.0 Å². The van der Waals surface area contributed by atoms with Crippen molar-refractivity contribution in [2.75, 3.05) is 13.1 Å². The minimum absolute atomic E-state index is 0.0637. The highest BCUT2D eigenvalue weighted by atomic mass is 35.5. The van der Waals surface area contributed by atoms with E-state index in [0.717, 1.165) is 22.7 Å². The molecule has 4 heteroatoms. The summed E-state index contributed by atoms with van der Waals surface area (Å²) < 4.78 is 0. The second-order valence-electron chi connectivity index (χ2n) is 6.78. The molecule has 2 N–H and O–H groups in total. The van der Waals surface area contributed by atoms with Crippen LogP contribution in [-0.2, 0) is 11.3 Å². The zero-order chi connectivity index (χ0) is 17.9. The summed E-state index contributed by atoms with van der Waals surface area (Å²) in [6.07, 6.45) is 0. The molecule has 132 valence electrons. The molecule has 26 heavy (non-hydrogen) atoms. The molecular weight excluding hydrogens is 344 g/mol. The van der Waals surface area contributed by atoms with E-state index >= 15 is 0 Å². The third kappa shape index (κ3) is 3.46. The van der Waals surface area contributed by atoms with Crippen LogP contribution in [0.3, 0.4) is 0 Å². The minimum Gasteiger partial charge on any atom is -0.352 e. The Bertz CT molecular complexity index is 918. The van der Waals surface area contributed by atoms with Crippen LogP contribution in [0.5, 0.6) is 0 Å². The van der Waals surface area contributed by atoms with Gasteiger partial charge in [-0.1, -0.05) is 66.2 Å². The molecule has 0 bridgehead atoms. The Labute approximate surface area is 158 Å². The fourth-order valence-electron chi connectivity index (χ4n) is 3.77. The van der Waals surface area contributed by atoms with Gasteiger partial charge >= 0.3 is 0 Å². The van der Waals surface area contributed by atoms with Crippen LogP contribution in [0.15, 0.2) is 66.7 Å². The average molecular weight is 365 g/mol. The molecule has 2 atom stereocenters. The molecule has 0 aromatic heterocycles. The summed E-state index contributed by atoms with van der Waals surface area (Å²) in [7, 11) is 0. The largest absolute Gasteiger partial charge is 0.352 e. The van der Waals surface area contributed by atoms with Crippen LogP contribution < -0.4 is 10.6 Å². The summed E-state index contributed by atoms with van der Waals surface area (Å²) in [5, 5.41) is 9.59. The fraction of sp³-hybridized carbons (Fsp3) is 0.227. The van der Waals surface area contributed by atoms with Gasteiger partial charge in [0.15, 0.2) is 0 Å². The molecule has 3 aromatic rings. The number of hydrogen-bond donors (Lipinski definition) is 2. The number of carbonyl (C=O) groups is 1. The van der Waals surface area contributed by atoms with Crippen LogP contribution in [0.4, 0.5) is 0 Å². The van der Waals surface area contributed by atoms with Gasteiger partial charge in [-0.2, -0.15) is 0 Å². The maximum absolute atomic E-state index is 12.8. The summed E-state index contributed by atoms with van der Waals surface area (Å²) >= 11 is 5.99. The zero-order valence-electron chi connectivity index (χ0n) is 14.4. The summed E-state index contributed by atoms with van der Waals surface area (Å²) in [5.74, 6) is 0.217. The Balaban J connectivity index is 1.48. The zero-order valence-corrected chi connectivity index (χ0v) is 15.2. The van der Waals surface area contributed by atoms with E-state index in [-0.39, 0.29) is 17.7 Å². The van der Waals surface area contributed by atoms with Gasteiger partial charge in [-0.3, -0.25) is 4.79 Å². The molecule has 0 saturated carbocycles. The first-order chi connectivity index (χ1) is 12.7. The molecule has 3 nitrogen and oxygen atoms in total. The van der Waals surface area contributed by atoms with Crippen molar-refractivity contribution in [3.63, 3.8) is 0 Å². The molecular formula is C22H21ClN2O. The Kier molecular flexibility index (Phi) is 4.91. The number of rotatable bonds is 4. The van der Waals surface area contributed by atoms with E-state index in [2.05, 4.69) is 34.9 Å². The van der Waals surface area contributed by atoms with Crippen molar-refractivity contribution in [3.05, 3.63) is 82.9 Å². The average Bonchev–Trinajstić information content (AvgIpc) is 3.16. The molecule has 0 unspecified atom stereocenters. The second-order valence-corrected chi connectivity index (χ2v) is 7.22. The van der Waals surface area contributed by atoms with Crippen molar-refractivity contribution in [1.82, 2.24) is 10.6 Å². The fourth-order valence-corrected chi connectivity index (χ4v) is 3.90. The van der Waals surface area contributed by atoms with Crippen molar-refractivity contribution in [3.8, 4) is 0 Å². The monoisotopic (exact) mass is 364 g/mol. The lowest BCUT2D eigenvalue weighted by molar-refractivity contribution is -0.125. The lowest BCUT2D eigenvalue weighted by Crippen LogP contribution is -2.34. The minimum atomic E-state index is -0.0637. The number of carbonyl (C=O) groups excluding carboxylic acids is 1. The number of amides is 1. The molecule has 0 aliphatic carbocycles. The second kappa shape index (κ2) is 7.48. The summed E-state index contributed by atoms with van der Waals surface area (Å²) in [5.41, 5.74) is 2.30. The SMILES string of the molecule is O=C(NCc1cccc2ccccc12)[C@@H]1CNC[C@H]1c1ccc(Cl)cc1. The lowest BCUT2D eigenvalue weighted by atomic mass is 9.88. The molecule has 1 saturated heterocycles. The smallest absolute Gasteiger partial charge is 0.225 e. The standard InChI is InChI=1S/C22H21ClN2O/c23-18-10-8-16(9-11-18)20-13-24-14-21(20)22(26)25-12-17-6-3-5-15-4-1-2-7-19(15)17/h1-11,20-21,24H,12-14H2,(H,25,26)/t20-,21+/m0/s1. The van der Waals surface area contributed by atoms with Gasteiger partial charge in [0.2, 0.25) is 5.91 Å². The number of nitrogens with one attached hydrogen (secondary N) is 2. The topological polar surface area (TPSA) is 41.1 Å². The number of hydrogen-bond acceptors (Lipinski definition) is 2. The molecule has 0 spiro atoms. The van der Waals surface area contributed by atoms with E-state index in [4.69, 9.17) is 11.6 Å². The van der Waals surface area contributed by atoms with Crippen LogP contribution in [0.25, 0.3) is 10.8 Å². The van der Waals surface area contributed by atoms with E-state index in [1.165, 1.54) is 10.8 Å². The third-order valence-corrected chi connectivity index (χ3v) is 5.43. The van der Waals surface area contributed by atoms with Gasteiger partial charge in [0.05, 0.1) is 5.92 Å². The molecule has 1 heterocycles. The Morgan fingerprint density at radius 1 is 1.00 bits per heavy atom. The Morgan fingerprint density at radius 3 is 2.62 bits per heavy atom. The van der Waals surface area contributed by atoms with Crippen molar-refractivity contribution in [2.45, 2.75) is 12.5 Å². The van der Waals surface area contributed by atoms with Gasteiger partial charge in [0.1, 0.15) is 0 Å². The highest BCUT2D eigenvalue weighted by Crippen LogP contribution is 2.29. The van der Waals surface area contributed by atoms with E-state index < -0.39 is 0 Å². The van der Waals surface area contributed by atoms with Crippen molar-refractivity contribution >= 4 is 28.3 Å². The van der Waals surface area contributed by atoms with Gasteiger partial charge in [0, 0.05) is 30.6 Å². The molecule has 1 amide bonds. The Hall–Kier alpha value is -2.36. The predicted octanol–water partition coefficient (Wildman–Crippen LogP) is 4.11.